The topological polar surface area (TPSA) is 20.3 Å². The second-order valence-corrected chi connectivity index (χ2v) is 4.75. The van der Waals surface area contributed by atoms with Crippen LogP contribution in [0.1, 0.15) is 49.9 Å². The Bertz CT molecular complexity index is 431. The Kier molecular flexibility index (Phi) is 6.55. The minimum atomic E-state index is -1.55. The SMILES string of the molecule is CCCCN(CCCC)C(=O)c1cc(F)c(F)c(F)c1. The van der Waals surface area contributed by atoms with E-state index in [-0.39, 0.29) is 5.56 Å². The number of amides is 1. The molecule has 1 aromatic rings. The van der Waals surface area contributed by atoms with Gasteiger partial charge in [0.2, 0.25) is 0 Å². The van der Waals surface area contributed by atoms with Gasteiger partial charge in [-0.2, -0.15) is 0 Å². The van der Waals surface area contributed by atoms with Crippen LogP contribution in [-0.2, 0) is 0 Å². The van der Waals surface area contributed by atoms with Crippen molar-refractivity contribution in [3.8, 4) is 0 Å². The Morgan fingerprint density at radius 3 is 1.85 bits per heavy atom. The van der Waals surface area contributed by atoms with Crippen molar-refractivity contribution in [2.24, 2.45) is 0 Å². The highest BCUT2D eigenvalue weighted by molar-refractivity contribution is 5.94. The highest BCUT2D eigenvalue weighted by Gasteiger charge is 2.19. The van der Waals surface area contributed by atoms with Crippen molar-refractivity contribution in [3.05, 3.63) is 35.1 Å². The van der Waals surface area contributed by atoms with E-state index in [0.717, 1.165) is 37.8 Å². The van der Waals surface area contributed by atoms with Crippen LogP contribution in [0.2, 0.25) is 0 Å². The zero-order valence-corrected chi connectivity index (χ0v) is 11.9. The second-order valence-electron chi connectivity index (χ2n) is 4.75. The van der Waals surface area contributed by atoms with Gasteiger partial charge in [0.25, 0.3) is 5.91 Å². The van der Waals surface area contributed by atoms with E-state index in [4.69, 9.17) is 0 Å². The predicted octanol–water partition coefficient (Wildman–Crippen LogP) is 4.15. The average Bonchev–Trinajstić information content (AvgIpc) is 2.43. The molecule has 0 heterocycles. The average molecular weight is 287 g/mol. The highest BCUT2D eigenvalue weighted by Crippen LogP contribution is 2.16. The summed E-state index contributed by atoms with van der Waals surface area (Å²) in [5, 5.41) is 0. The number of hydrogen-bond donors (Lipinski definition) is 0. The molecule has 0 bridgehead atoms. The zero-order chi connectivity index (χ0) is 15.1. The van der Waals surface area contributed by atoms with E-state index in [1.54, 1.807) is 4.90 Å². The van der Waals surface area contributed by atoms with Gasteiger partial charge >= 0.3 is 0 Å². The smallest absolute Gasteiger partial charge is 0.254 e. The summed E-state index contributed by atoms with van der Waals surface area (Å²) in [7, 11) is 0. The summed E-state index contributed by atoms with van der Waals surface area (Å²) in [6.07, 6.45) is 3.48. The van der Waals surface area contributed by atoms with Gasteiger partial charge in [-0.1, -0.05) is 26.7 Å². The van der Waals surface area contributed by atoms with Crippen LogP contribution in [0.5, 0.6) is 0 Å². The van der Waals surface area contributed by atoms with Gasteiger partial charge in [-0.25, -0.2) is 13.2 Å². The van der Waals surface area contributed by atoms with Gasteiger partial charge in [0.1, 0.15) is 0 Å². The summed E-state index contributed by atoms with van der Waals surface area (Å²) >= 11 is 0. The Morgan fingerprint density at radius 2 is 1.45 bits per heavy atom. The maximum absolute atomic E-state index is 13.2. The molecule has 0 fully saturated rings. The second kappa shape index (κ2) is 7.92. The summed E-state index contributed by atoms with van der Waals surface area (Å²) in [6, 6.07) is 1.51. The third-order valence-corrected chi connectivity index (χ3v) is 3.08. The standard InChI is InChI=1S/C15H20F3NO/c1-3-5-7-19(8-6-4-2)15(20)11-9-12(16)14(18)13(17)10-11/h9-10H,3-8H2,1-2H3. The molecule has 0 atom stereocenters. The molecular weight excluding hydrogens is 267 g/mol. The monoisotopic (exact) mass is 287 g/mol. The van der Waals surface area contributed by atoms with Gasteiger partial charge in [0.05, 0.1) is 0 Å². The summed E-state index contributed by atoms with van der Waals surface area (Å²) in [5.41, 5.74) is -0.145. The largest absolute Gasteiger partial charge is 0.339 e. The molecule has 0 aromatic heterocycles. The predicted molar refractivity (Wildman–Crippen MR) is 72.0 cm³/mol. The molecule has 0 saturated heterocycles. The van der Waals surface area contributed by atoms with Gasteiger partial charge < -0.3 is 4.90 Å². The first-order chi connectivity index (χ1) is 9.51. The molecule has 112 valence electrons. The highest BCUT2D eigenvalue weighted by atomic mass is 19.2. The molecule has 1 aromatic carbocycles. The van der Waals surface area contributed by atoms with Crippen LogP contribution in [0.4, 0.5) is 13.2 Å². The Balaban J connectivity index is 2.92. The van der Waals surface area contributed by atoms with E-state index in [0.29, 0.717) is 13.1 Å². The quantitative estimate of drug-likeness (QED) is 0.690. The van der Waals surface area contributed by atoms with Crippen molar-refractivity contribution in [2.45, 2.75) is 39.5 Å². The van der Waals surface area contributed by atoms with Crippen molar-refractivity contribution in [2.75, 3.05) is 13.1 Å². The Hall–Kier alpha value is -1.52. The third-order valence-electron chi connectivity index (χ3n) is 3.08. The lowest BCUT2D eigenvalue weighted by molar-refractivity contribution is 0.0749. The molecule has 1 amide bonds. The number of carbonyl (C=O) groups excluding carboxylic acids is 1. The number of hydrogen-bond acceptors (Lipinski definition) is 1. The van der Waals surface area contributed by atoms with Gasteiger partial charge in [0, 0.05) is 18.7 Å². The lowest BCUT2D eigenvalue weighted by atomic mass is 10.1. The van der Waals surface area contributed by atoms with Crippen molar-refractivity contribution in [3.63, 3.8) is 0 Å². The molecule has 0 unspecified atom stereocenters. The molecule has 2 nitrogen and oxygen atoms in total. The number of benzene rings is 1. The molecule has 5 heteroatoms. The maximum Gasteiger partial charge on any atom is 0.254 e. The van der Waals surface area contributed by atoms with E-state index in [2.05, 4.69) is 0 Å². The fourth-order valence-corrected chi connectivity index (χ4v) is 1.87. The van der Waals surface area contributed by atoms with Crippen LogP contribution in [0, 0.1) is 17.5 Å². The summed E-state index contributed by atoms with van der Waals surface area (Å²) in [5.74, 6) is -4.67. The van der Waals surface area contributed by atoms with Gasteiger partial charge in [-0.3, -0.25) is 4.79 Å². The van der Waals surface area contributed by atoms with Crippen LogP contribution in [0.15, 0.2) is 12.1 Å². The molecule has 20 heavy (non-hydrogen) atoms. The minimum absolute atomic E-state index is 0.145. The minimum Gasteiger partial charge on any atom is -0.339 e. The third kappa shape index (κ3) is 4.25. The molecule has 0 N–H and O–H groups in total. The fraction of sp³-hybridized carbons (Fsp3) is 0.533. The number of halogens is 3. The first-order valence-corrected chi connectivity index (χ1v) is 6.95. The molecule has 0 saturated carbocycles. The summed E-state index contributed by atoms with van der Waals surface area (Å²) < 4.78 is 39.3. The molecule has 0 aliphatic heterocycles. The van der Waals surface area contributed by atoms with E-state index in [1.165, 1.54) is 0 Å². The molecule has 0 spiro atoms. The van der Waals surface area contributed by atoms with E-state index >= 15 is 0 Å². The molecular formula is C15H20F3NO. The van der Waals surface area contributed by atoms with Crippen molar-refractivity contribution < 1.29 is 18.0 Å². The Morgan fingerprint density at radius 1 is 1.00 bits per heavy atom. The fourth-order valence-electron chi connectivity index (χ4n) is 1.87. The van der Waals surface area contributed by atoms with E-state index < -0.39 is 23.4 Å². The van der Waals surface area contributed by atoms with Crippen LogP contribution < -0.4 is 0 Å². The maximum atomic E-state index is 13.2. The van der Waals surface area contributed by atoms with Crippen LogP contribution in [0.3, 0.4) is 0 Å². The number of carbonyl (C=O) groups is 1. The summed E-state index contributed by atoms with van der Waals surface area (Å²) in [4.78, 5) is 13.8. The number of unbranched alkanes of at least 4 members (excludes halogenated alkanes) is 2. The van der Waals surface area contributed by atoms with Crippen LogP contribution >= 0.6 is 0 Å². The lowest BCUT2D eigenvalue weighted by Gasteiger charge is -2.22. The zero-order valence-electron chi connectivity index (χ0n) is 11.9. The van der Waals surface area contributed by atoms with Crippen molar-refractivity contribution >= 4 is 5.91 Å². The number of rotatable bonds is 7. The molecule has 1 rings (SSSR count). The van der Waals surface area contributed by atoms with E-state index in [1.807, 2.05) is 13.8 Å². The number of nitrogens with zero attached hydrogens (tertiary/aromatic N) is 1. The molecule has 0 aliphatic carbocycles. The van der Waals surface area contributed by atoms with Crippen LogP contribution in [0.25, 0.3) is 0 Å². The first-order valence-electron chi connectivity index (χ1n) is 6.95. The molecule has 0 aliphatic rings. The van der Waals surface area contributed by atoms with Crippen molar-refractivity contribution in [1.29, 1.82) is 0 Å². The van der Waals surface area contributed by atoms with Crippen LogP contribution in [-0.4, -0.2) is 23.9 Å². The van der Waals surface area contributed by atoms with E-state index in [9.17, 15) is 18.0 Å². The Labute approximate surface area is 117 Å². The summed E-state index contributed by atoms with van der Waals surface area (Å²) in [6.45, 7) is 5.07. The van der Waals surface area contributed by atoms with Gasteiger partial charge in [0.15, 0.2) is 17.5 Å². The van der Waals surface area contributed by atoms with Gasteiger partial charge in [-0.05, 0) is 25.0 Å². The normalized spacial score (nSPS) is 10.7. The lowest BCUT2D eigenvalue weighted by Crippen LogP contribution is -2.33. The van der Waals surface area contributed by atoms with Gasteiger partial charge in [-0.15, -0.1) is 0 Å². The molecule has 0 radical (unpaired) electrons. The van der Waals surface area contributed by atoms with Crippen molar-refractivity contribution in [1.82, 2.24) is 4.90 Å². The first kappa shape index (κ1) is 16.5.